The van der Waals surface area contributed by atoms with Crippen LogP contribution in [0.1, 0.15) is 86.0 Å². The highest BCUT2D eigenvalue weighted by molar-refractivity contribution is 14.1. The lowest BCUT2D eigenvalue weighted by Crippen LogP contribution is -2.41. The molecule has 2 aliphatic rings. The fraction of sp³-hybridized carbons (Fsp3) is 0.850. The molecule has 22 heavy (non-hydrogen) atoms. The molecule has 2 heteroatoms. The van der Waals surface area contributed by atoms with Gasteiger partial charge in [-0.15, -0.1) is 0 Å². The summed E-state index contributed by atoms with van der Waals surface area (Å²) in [6.45, 7) is 11.1. The zero-order chi connectivity index (χ0) is 16.6. The zero-order valence-electron chi connectivity index (χ0n) is 15.1. The number of hydrogen-bond acceptors (Lipinski definition) is 1. The molecule has 126 valence electrons. The van der Waals surface area contributed by atoms with Crippen molar-refractivity contribution in [3.63, 3.8) is 0 Å². The Balaban J connectivity index is 2.30. The topological polar surface area (TPSA) is 17.1 Å². The van der Waals surface area contributed by atoms with Gasteiger partial charge in [-0.1, -0.05) is 74.8 Å². The molecule has 0 spiro atoms. The molecule has 0 aliphatic heterocycles. The van der Waals surface area contributed by atoms with Crippen molar-refractivity contribution in [2.24, 2.45) is 16.7 Å². The first-order chi connectivity index (χ1) is 10.1. The molecule has 0 amide bonds. The summed E-state index contributed by atoms with van der Waals surface area (Å²) >= 11 is 2.65. The summed E-state index contributed by atoms with van der Waals surface area (Å²) in [5, 5.41) is 0. The summed E-state index contributed by atoms with van der Waals surface area (Å²) < 4.78 is 0.413. The van der Waals surface area contributed by atoms with Crippen LogP contribution in [0, 0.1) is 16.7 Å². The van der Waals surface area contributed by atoms with Gasteiger partial charge in [0.15, 0.2) is 0 Å². The number of carbonyl (C=O) groups excluding carboxylic acids is 1. The minimum atomic E-state index is -0.102. The molecular formula is C20H33IO. The first-order valence-corrected chi connectivity index (χ1v) is 10.1. The van der Waals surface area contributed by atoms with Gasteiger partial charge in [0.25, 0.3) is 0 Å². The lowest BCUT2D eigenvalue weighted by Gasteiger charge is -2.49. The van der Waals surface area contributed by atoms with Crippen molar-refractivity contribution in [2.75, 3.05) is 0 Å². The Hall–Kier alpha value is 0.140. The second-order valence-electron chi connectivity index (χ2n) is 8.67. The quantitative estimate of drug-likeness (QED) is 0.291. The van der Waals surface area contributed by atoms with Gasteiger partial charge in [0.2, 0.25) is 0 Å². The van der Waals surface area contributed by atoms with E-state index in [1.165, 1.54) is 38.5 Å². The van der Waals surface area contributed by atoms with E-state index >= 15 is 0 Å². The van der Waals surface area contributed by atoms with Crippen LogP contribution in [0.2, 0.25) is 0 Å². The molecule has 2 aliphatic carbocycles. The molecule has 0 aromatic rings. The Bertz CT molecular complexity index is 464. The first-order valence-electron chi connectivity index (χ1n) is 9.02. The molecule has 1 fully saturated rings. The van der Waals surface area contributed by atoms with Crippen LogP contribution in [-0.4, -0.2) is 9.20 Å². The molecule has 2 rings (SSSR count). The lowest BCUT2D eigenvalue weighted by molar-refractivity contribution is -0.129. The van der Waals surface area contributed by atoms with E-state index in [2.05, 4.69) is 56.4 Å². The fourth-order valence-electron chi connectivity index (χ4n) is 5.00. The molecule has 0 heterocycles. The van der Waals surface area contributed by atoms with Gasteiger partial charge < -0.3 is 0 Å². The summed E-state index contributed by atoms with van der Waals surface area (Å²) in [5.74, 6) is 1.11. The van der Waals surface area contributed by atoms with Gasteiger partial charge in [0.05, 0.1) is 0 Å². The lowest BCUT2D eigenvalue weighted by atomic mass is 9.56. The zero-order valence-corrected chi connectivity index (χ0v) is 17.3. The standard InChI is InChI=1S/C20H33IO/c1-6-8-16-13-20(5,21)12-9-17(16)19(4)11-7-10-18(3,14-19)15(2)22/h9,16H,6-8,10-14H2,1-5H3/t16?,18-,19-,20+/m1/s1. The summed E-state index contributed by atoms with van der Waals surface area (Å²) in [5.41, 5.74) is 1.83. The summed E-state index contributed by atoms with van der Waals surface area (Å²) in [7, 11) is 0. The molecule has 1 unspecified atom stereocenters. The number of rotatable bonds is 4. The molecule has 0 aromatic carbocycles. The molecule has 0 bridgehead atoms. The normalized spacial score (nSPS) is 42.8. The first kappa shape index (κ1) is 18.5. The van der Waals surface area contributed by atoms with Gasteiger partial charge in [-0.3, -0.25) is 4.79 Å². The number of alkyl halides is 1. The highest BCUT2D eigenvalue weighted by Gasteiger charge is 2.46. The van der Waals surface area contributed by atoms with Crippen molar-refractivity contribution < 1.29 is 4.79 Å². The second-order valence-corrected chi connectivity index (χ2v) is 11.3. The van der Waals surface area contributed by atoms with Gasteiger partial charge in [-0.05, 0) is 56.8 Å². The number of ketones is 1. The maximum atomic E-state index is 12.2. The van der Waals surface area contributed by atoms with Crippen LogP contribution in [-0.2, 0) is 4.79 Å². The molecule has 1 nitrogen and oxygen atoms in total. The Morgan fingerprint density at radius 1 is 1.32 bits per heavy atom. The van der Waals surface area contributed by atoms with Crippen molar-refractivity contribution in [3.8, 4) is 0 Å². The van der Waals surface area contributed by atoms with Gasteiger partial charge in [0, 0.05) is 8.84 Å². The van der Waals surface area contributed by atoms with Gasteiger partial charge in [-0.2, -0.15) is 0 Å². The van der Waals surface area contributed by atoms with Crippen molar-refractivity contribution in [2.45, 2.75) is 89.4 Å². The van der Waals surface area contributed by atoms with Crippen LogP contribution in [0.5, 0.6) is 0 Å². The predicted octanol–water partition coefficient (Wildman–Crippen LogP) is 6.49. The molecule has 0 N–H and O–H groups in total. The third-order valence-electron chi connectivity index (χ3n) is 6.28. The summed E-state index contributed by atoms with van der Waals surface area (Å²) in [6, 6.07) is 0. The number of carbonyl (C=O) groups is 1. The Morgan fingerprint density at radius 2 is 2.00 bits per heavy atom. The third kappa shape index (κ3) is 3.79. The predicted molar refractivity (Wildman–Crippen MR) is 104 cm³/mol. The SMILES string of the molecule is CCCC1C[C@@](C)(I)CC=C1[C@]1(C)CCC[C@@](C)(C(C)=O)C1. The van der Waals surface area contributed by atoms with E-state index < -0.39 is 0 Å². The highest BCUT2D eigenvalue weighted by Crippen LogP contribution is 2.55. The van der Waals surface area contributed by atoms with Crippen LogP contribution in [0.3, 0.4) is 0 Å². The number of Topliss-reactive ketones (excluding diaryl/α,β-unsaturated/α-hetero) is 1. The van der Waals surface area contributed by atoms with Crippen LogP contribution >= 0.6 is 22.6 Å². The van der Waals surface area contributed by atoms with Crippen LogP contribution in [0.4, 0.5) is 0 Å². The summed E-state index contributed by atoms with van der Waals surface area (Å²) in [6.07, 6.45) is 12.2. The largest absolute Gasteiger partial charge is 0.299 e. The molecule has 0 radical (unpaired) electrons. The van der Waals surface area contributed by atoms with E-state index in [1.807, 2.05) is 0 Å². The average molecular weight is 416 g/mol. The van der Waals surface area contributed by atoms with Crippen molar-refractivity contribution in [3.05, 3.63) is 11.6 Å². The van der Waals surface area contributed by atoms with E-state index in [0.29, 0.717) is 9.20 Å². The van der Waals surface area contributed by atoms with E-state index in [9.17, 15) is 4.79 Å². The van der Waals surface area contributed by atoms with E-state index in [0.717, 1.165) is 18.8 Å². The van der Waals surface area contributed by atoms with Gasteiger partial charge >= 0.3 is 0 Å². The number of halogens is 1. The fourth-order valence-corrected chi connectivity index (χ4v) is 5.75. The molecular weight excluding hydrogens is 383 g/mol. The number of hydrogen-bond donors (Lipinski definition) is 0. The van der Waals surface area contributed by atoms with Crippen LogP contribution in [0.15, 0.2) is 11.6 Å². The Kier molecular flexibility index (Phi) is 5.51. The maximum absolute atomic E-state index is 12.2. The monoisotopic (exact) mass is 416 g/mol. The molecule has 1 saturated carbocycles. The Labute approximate surface area is 150 Å². The van der Waals surface area contributed by atoms with E-state index in [1.54, 1.807) is 12.5 Å². The maximum Gasteiger partial charge on any atom is 0.135 e. The Morgan fingerprint density at radius 3 is 2.59 bits per heavy atom. The van der Waals surface area contributed by atoms with Crippen molar-refractivity contribution in [1.29, 1.82) is 0 Å². The van der Waals surface area contributed by atoms with E-state index in [4.69, 9.17) is 0 Å². The van der Waals surface area contributed by atoms with Crippen molar-refractivity contribution in [1.82, 2.24) is 0 Å². The smallest absolute Gasteiger partial charge is 0.135 e. The molecule has 0 saturated heterocycles. The third-order valence-corrected chi connectivity index (χ3v) is 7.16. The van der Waals surface area contributed by atoms with Crippen LogP contribution in [0.25, 0.3) is 0 Å². The minimum absolute atomic E-state index is 0.102. The number of allylic oxidation sites excluding steroid dienone is 2. The average Bonchev–Trinajstić information content (AvgIpc) is 2.37. The van der Waals surface area contributed by atoms with Gasteiger partial charge in [0.1, 0.15) is 5.78 Å². The van der Waals surface area contributed by atoms with Gasteiger partial charge in [-0.25, -0.2) is 0 Å². The summed E-state index contributed by atoms with van der Waals surface area (Å²) in [4.78, 5) is 12.2. The highest BCUT2D eigenvalue weighted by atomic mass is 127. The molecule has 4 atom stereocenters. The van der Waals surface area contributed by atoms with Crippen LogP contribution < -0.4 is 0 Å². The second kappa shape index (κ2) is 6.57. The minimum Gasteiger partial charge on any atom is -0.299 e. The van der Waals surface area contributed by atoms with E-state index in [-0.39, 0.29) is 10.8 Å². The molecule has 0 aromatic heterocycles. The van der Waals surface area contributed by atoms with Crippen molar-refractivity contribution >= 4 is 28.4 Å².